The van der Waals surface area contributed by atoms with E-state index in [4.69, 9.17) is 0 Å². The van der Waals surface area contributed by atoms with Gasteiger partial charge < -0.3 is 9.80 Å². The van der Waals surface area contributed by atoms with Crippen molar-refractivity contribution < 1.29 is 23.0 Å². The maximum atomic E-state index is 12.9. The lowest BCUT2D eigenvalue weighted by molar-refractivity contribution is -0.949. The Labute approximate surface area is 112 Å². The van der Waals surface area contributed by atoms with Crippen molar-refractivity contribution in [2.75, 3.05) is 33.7 Å². The fraction of sp³-hybridized carbons (Fsp3) is 0.571. The number of likely N-dealkylation sites (N-methyl/N-ethyl adjacent to an activating group) is 2. The van der Waals surface area contributed by atoms with Gasteiger partial charge in [0.2, 0.25) is 0 Å². The van der Waals surface area contributed by atoms with Gasteiger partial charge in [0.1, 0.15) is 19.6 Å². The molecule has 1 aromatic carbocycles. The molecule has 0 aromatic heterocycles. The van der Waals surface area contributed by atoms with Crippen molar-refractivity contribution in [2.24, 2.45) is 0 Å². The zero-order chi connectivity index (χ0) is 14.5. The van der Waals surface area contributed by atoms with Gasteiger partial charge in [0.15, 0.2) is 0 Å². The smallest absolute Gasteiger partial charge is 0.335 e. The van der Waals surface area contributed by atoms with Crippen LogP contribution in [0.5, 0.6) is 0 Å². The zero-order valence-corrected chi connectivity index (χ0v) is 11.8. The van der Waals surface area contributed by atoms with E-state index in [1.807, 2.05) is 6.92 Å². The average molecular weight is 276 g/mol. The van der Waals surface area contributed by atoms with E-state index in [1.165, 1.54) is 21.9 Å². The van der Waals surface area contributed by atoms with Gasteiger partial charge >= 0.3 is 6.18 Å². The van der Waals surface area contributed by atoms with E-state index in [0.29, 0.717) is 12.1 Å². The zero-order valence-electron chi connectivity index (χ0n) is 11.8. The molecule has 0 fully saturated rings. The molecule has 0 heterocycles. The van der Waals surface area contributed by atoms with Gasteiger partial charge in [-0.2, -0.15) is 13.2 Å². The molecule has 0 saturated heterocycles. The summed E-state index contributed by atoms with van der Waals surface area (Å²) in [5.74, 6) is 0. The third-order valence-corrected chi connectivity index (χ3v) is 3.24. The third kappa shape index (κ3) is 5.20. The Morgan fingerprint density at radius 3 is 2.21 bits per heavy atom. The van der Waals surface area contributed by atoms with Gasteiger partial charge in [0.25, 0.3) is 0 Å². The standard InChI is InChI=1S/C14H21F3N2/c1-4-19(10-9-18(2)3)11-12-7-5-6-8-13(12)14(15,16)17/h5-8H,4,9-11H2,1-3H3/p+2. The number of benzene rings is 1. The third-order valence-electron chi connectivity index (χ3n) is 3.24. The van der Waals surface area contributed by atoms with Crippen molar-refractivity contribution in [1.29, 1.82) is 0 Å². The second kappa shape index (κ2) is 6.91. The van der Waals surface area contributed by atoms with Crippen molar-refractivity contribution in [3.05, 3.63) is 35.4 Å². The van der Waals surface area contributed by atoms with Crippen LogP contribution in [-0.2, 0) is 12.7 Å². The highest BCUT2D eigenvalue weighted by molar-refractivity contribution is 5.28. The minimum Gasteiger partial charge on any atom is -0.335 e. The van der Waals surface area contributed by atoms with Crippen molar-refractivity contribution in [3.8, 4) is 0 Å². The maximum Gasteiger partial charge on any atom is 0.416 e. The number of hydrogen-bond acceptors (Lipinski definition) is 0. The number of quaternary nitrogens is 2. The first-order valence-corrected chi connectivity index (χ1v) is 6.62. The van der Waals surface area contributed by atoms with Gasteiger partial charge in [-0.25, -0.2) is 0 Å². The normalized spacial score (nSPS) is 13.8. The minimum atomic E-state index is -4.26. The summed E-state index contributed by atoms with van der Waals surface area (Å²) >= 11 is 0. The van der Waals surface area contributed by atoms with E-state index in [2.05, 4.69) is 14.1 Å². The molecule has 0 spiro atoms. The first-order valence-electron chi connectivity index (χ1n) is 6.62. The topological polar surface area (TPSA) is 8.88 Å². The monoisotopic (exact) mass is 276 g/mol. The minimum absolute atomic E-state index is 0.389. The maximum absolute atomic E-state index is 12.9. The van der Waals surface area contributed by atoms with Crippen LogP contribution in [0.3, 0.4) is 0 Å². The Hall–Kier alpha value is -1.07. The first-order chi connectivity index (χ1) is 8.84. The van der Waals surface area contributed by atoms with Crippen LogP contribution < -0.4 is 9.80 Å². The molecule has 0 aliphatic heterocycles. The summed E-state index contributed by atoms with van der Waals surface area (Å²) in [7, 11) is 4.11. The number of hydrogen-bond donors (Lipinski definition) is 2. The van der Waals surface area contributed by atoms with Crippen LogP contribution in [0.25, 0.3) is 0 Å². The van der Waals surface area contributed by atoms with Crippen molar-refractivity contribution in [2.45, 2.75) is 19.6 Å². The number of alkyl halides is 3. The summed E-state index contributed by atoms with van der Waals surface area (Å²) in [5.41, 5.74) is -0.112. The van der Waals surface area contributed by atoms with Crippen LogP contribution in [0, 0.1) is 0 Å². The second-order valence-electron chi connectivity index (χ2n) is 5.14. The van der Waals surface area contributed by atoms with Crippen molar-refractivity contribution in [1.82, 2.24) is 0 Å². The Kier molecular flexibility index (Phi) is 5.82. The Bertz CT molecular complexity index is 389. The van der Waals surface area contributed by atoms with Crippen molar-refractivity contribution in [3.63, 3.8) is 0 Å². The van der Waals surface area contributed by atoms with Gasteiger partial charge in [-0.05, 0) is 13.0 Å². The molecule has 108 valence electrons. The lowest BCUT2D eigenvalue weighted by atomic mass is 10.1. The van der Waals surface area contributed by atoms with Gasteiger partial charge in [-0.1, -0.05) is 18.2 Å². The molecule has 5 heteroatoms. The highest BCUT2D eigenvalue weighted by Gasteiger charge is 2.33. The summed E-state index contributed by atoms with van der Waals surface area (Å²) in [6, 6.07) is 5.87. The summed E-state index contributed by atoms with van der Waals surface area (Å²) in [5, 5.41) is 0. The summed E-state index contributed by atoms with van der Waals surface area (Å²) in [6.45, 7) is 5.11. The van der Waals surface area contributed by atoms with Gasteiger partial charge in [-0.3, -0.25) is 0 Å². The fourth-order valence-corrected chi connectivity index (χ4v) is 2.04. The molecule has 19 heavy (non-hydrogen) atoms. The molecule has 0 saturated carbocycles. The van der Waals surface area contributed by atoms with Crippen LogP contribution in [-0.4, -0.2) is 33.7 Å². The SMILES string of the molecule is CC[NH+](CC[NH+](C)C)Cc1ccccc1C(F)(F)F. The average Bonchev–Trinajstić information content (AvgIpc) is 2.33. The predicted octanol–water partition coefficient (Wildman–Crippen LogP) is 0.255. The quantitative estimate of drug-likeness (QED) is 0.737. The predicted molar refractivity (Wildman–Crippen MR) is 69.2 cm³/mol. The molecule has 1 rings (SSSR count). The molecule has 0 amide bonds. The number of nitrogens with one attached hydrogen (secondary N) is 2. The van der Waals surface area contributed by atoms with Crippen LogP contribution in [0.4, 0.5) is 13.2 Å². The molecule has 0 aliphatic carbocycles. The van der Waals surface area contributed by atoms with E-state index >= 15 is 0 Å². The Morgan fingerprint density at radius 2 is 1.68 bits per heavy atom. The van der Waals surface area contributed by atoms with Gasteiger partial charge in [0, 0.05) is 5.56 Å². The number of halogens is 3. The molecular formula is C14H23F3N2+2. The van der Waals surface area contributed by atoms with Crippen LogP contribution in [0.2, 0.25) is 0 Å². The molecule has 2 nitrogen and oxygen atoms in total. The van der Waals surface area contributed by atoms with E-state index in [9.17, 15) is 13.2 Å². The molecule has 2 N–H and O–H groups in total. The van der Waals surface area contributed by atoms with Crippen LogP contribution in [0.15, 0.2) is 24.3 Å². The Balaban J connectivity index is 2.80. The fourth-order valence-electron chi connectivity index (χ4n) is 2.04. The lowest BCUT2D eigenvalue weighted by Crippen LogP contribution is -3.17. The molecule has 0 aliphatic rings. The highest BCUT2D eigenvalue weighted by Crippen LogP contribution is 2.31. The van der Waals surface area contributed by atoms with Gasteiger partial charge in [0.05, 0.1) is 26.2 Å². The van der Waals surface area contributed by atoms with Gasteiger partial charge in [-0.15, -0.1) is 0 Å². The summed E-state index contributed by atoms with van der Waals surface area (Å²) < 4.78 is 38.7. The van der Waals surface area contributed by atoms with Crippen molar-refractivity contribution >= 4 is 0 Å². The Morgan fingerprint density at radius 1 is 1.05 bits per heavy atom. The summed E-state index contributed by atoms with van der Waals surface area (Å²) in [4.78, 5) is 2.49. The molecule has 1 aromatic rings. The highest BCUT2D eigenvalue weighted by atomic mass is 19.4. The number of rotatable bonds is 6. The van der Waals surface area contributed by atoms with Crippen LogP contribution >= 0.6 is 0 Å². The summed E-state index contributed by atoms with van der Waals surface area (Å²) in [6.07, 6.45) is -4.26. The molecular weight excluding hydrogens is 253 g/mol. The lowest BCUT2D eigenvalue weighted by Gasteiger charge is -2.20. The van der Waals surface area contributed by atoms with E-state index in [-0.39, 0.29) is 0 Å². The molecule has 1 atom stereocenters. The van der Waals surface area contributed by atoms with E-state index in [1.54, 1.807) is 12.1 Å². The first kappa shape index (κ1) is 16.0. The van der Waals surface area contributed by atoms with E-state index in [0.717, 1.165) is 19.6 Å². The molecule has 1 unspecified atom stereocenters. The largest absolute Gasteiger partial charge is 0.416 e. The second-order valence-corrected chi connectivity index (χ2v) is 5.14. The molecule has 0 bridgehead atoms. The van der Waals surface area contributed by atoms with Crippen LogP contribution in [0.1, 0.15) is 18.1 Å². The molecule has 0 radical (unpaired) electrons. The van der Waals surface area contributed by atoms with E-state index < -0.39 is 11.7 Å².